The molecule has 1 saturated heterocycles. The van der Waals surface area contributed by atoms with Crippen molar-refractivity contribution in [1.82, 2.24) is 16.0 Å². The Morgan fingerprint density at radius 2 is 1.71 bits per heavy atom. The molecule has 0 radical (unpaired) electrons. The van der Waals surface area contributed by atoms with Crippen molar-refractivity contribution in [3.05, 3.63) is 29.3 Å². The number of carbonyl (C=O) groups excluding carboxylic acids is 3. The number of ether oxygens (including phenoxy) is 1. The third-order valence-corrected chi connectivity index (χ3v) is 5.36. The lowest BCUT2D eigenvalue weighted by Gasteiger charge is -2.26. The number of ketones is 1. The summed E-state index contributed by atoms with van der Waals surface area (Å²) in [7, 11) is 0. The molecule has 1 aliphatic heterocycles. The highest BCUT2D eigenvalue weighted by atomic mass is 19.2. The minimum Gasteiger partial charge on any atom is -0.475 e. The molecule has 0 aliphatic carbocycles. The SMILES string of the molecule is CC(C[C@H](C)C(=O)NC(C)C(=O)[C@@H](Oc1c(F)c(F)cc(F)c1F)[C@@H]1CCNC1=O)NC(=O)O. The molecule has 1 heterocycles. The van der Waals surface area contributed by atoms with Gasteiger partial charge in [-0.1, -0.05) is 6.92 Å². The van der Waals surface area contributed by atoms with E-state index in [1.807, 2.05) is 0 Å². The summed E-state index contributed by atoms with van der Waals surface area (Å²) in [4.78, 5) is 48.4. The van der Waals surface area contributed by atoms with Crippen LogP contribution >= 0.6 is 0 Å². The maximum Gasteiger partial charge on any atom is 0.404 e. The maximum absolute atomic E-state index is 14.1. The minimum absolute atomic E-state index is 0.0267. The second-order valence-electron chi connectivity index (χ2n) is 8.14. The van der Waals surface area contributed by atoms with Crippen LogP contribution in [-0.4, -0.2) is 53.5 Å². The molecule has 188 valence electrons. The Hall–Kier alpha value is -3.38. The first-order valence-corrected chi connectivity index (χ1v) is 10.4. The Morgan fingerprint density at radius 1 is 1.12 bits per heavy atom. The fourth-order valence-electron chi connectivity index (χ4n) is 3.60. The molecule has 1 aromatic rings. The number of nitrogens with one attached hydrogen (secondary N) is 3. The van der Waals surface area contributed by atoms with Gasteiger partial charge in [0, 0.05) is 24.6 Å². The van der Waals surface area contributed by atoms with Crippen LogP contribution in [0.15, 0.2) is 6.07 Å². The number of Topliss-reactive ketones (excluding diaryl/α,β-unsaturated/α-hetero) is 1. The maximum atomic E-state index is 14.1. The van der Waals surface area contributed by atoms with Crippen molar-refractivity contribution in [2.24, 2.45) is 11.8 Å². The molecule has 1 fully saturated rings. The minimum atomic E-state index is -1.87. The molecule has 5 atom stereocenters. The zero-order chi connectivity index (χ0) is 25.7. The average Bonchev–Trinajstić information content (AvgIpc) is 3.16. The molecule has 0 aromatic heterocycles. The van der Waals surface area contributed by atoms with Gasteiger partial charge in [-0.05, 0) is 26.7 Å². The number of halogens is 4. The summed E-state index contributed by atoms with van der Waals surface area (Å²) in [6.07, 6.45) is -2.99. The van der Waals surface area contributed by atoms with Gasteiger partial charge in [-0.3, -0.25) is 14.4 Å². The van der Waals surface area contributed by atoms with Crippen molar-refractivity contribution in [1.29, 1.82) is 0 Å². The highest BCUT2D eigenvalue weighted by molar-refractivity contribution is 5.96. The van der Waals surface area contributed by atoms with Crippen molar-refractivity contribution < 1.29 is 46.6 Å². The van der Waals surface area contributed by atoms with Gasteiger partial charge >= 0.3 is 6.09 Å². The number of hydrogen-bond donors (Lipinski definition) is 4. The molecule has 34 heavy (non-hydrogen) atoms. The lowest BCUT2D eigenvalue weighted by molar-refractivity contribution is -0.138. The molecular weight excluding hydrogens is 466 g/mol. The summed E-state index contributed by atoms with van der Waals surface area (Å²) in [5.74, 6) is -13.0. The average molecular weight is 491 g/mol. The third kappa shape index (κ3) is 6.35. The van der Waals surface area contributed by atoms with Crippen LogP contribution in [-0.2, 0) is 14.4 Å². The first-order chi connectivity index (χ1) is 15.8. The lowest BCUT2D eigenvalue weighted by atomic mass is 9.93. The molecular formula is C21H25F4N3O6. The predicted molar refractivity (Wildman–Crippen MR) is 109 cm³/mol. The van der Waals surface area contributed by atoms with Gasteiger partial charge in [-0.2, -0.15) is 8.78 Å². The number of rotatable bonds is 10. The number of benzene rings is 1. The van der Waals surface area contributed by atoms with Gasteiger partial charge < -0.3 is 25.8 Å². The largest absolute Gasteiger partial charge is 0.475 e. The van der Waals surface area contributed by atoms with Gasteiger partial charge in [0.05, 0.1) is 12.0 Å². The quantitative estimate of drug-likeness (QED) is 0.292. The number of carboxylic acid groups (broad SMARTS) is 1. The van der Waals surface area contributed by atoms with Crippen molar-refractivity contribution in [2.45, 2.75) is 51.8 Å². The first-order valence-electron chi connectivity index (χ1n) is 10.4. The normalized spacial score (nSPS) is 18.9. The second-order valence-corrected chi connectivity index (χ2v) is 8.14. The van der Waals surface area contributed by atoms with Gasteiger partial charge in [0.1, 0.15) is 0 Å². The number of hydrogen-bond acceptors (Lipinski definition) is 5. The molecule has 0 saturated carbocycles. The predicted octanol–water partition coefficient (Wildman–Crippen LogP) is 1.88. The van der Waals surface area contributed by atoms with Crippen LogP contribution in [0.2, 0.25) is 0 Å². The zero-order valence-corrected chi connectivity index (χ0v) is 18.6. The van der Waals surface area contributed by atoms with Crippen LogP contribution in [0, 0.1) is 35.1 Å². The van der Waals surface area contributed by atoms with Gasteiger partial charge in [0.2, 0.25) is 23.4 Å². The molecule has 0 spiro atoms. The van der Waals surface area contributed by atoms with Crippen LogP contribution in [0.25, 0.3) is 0 Å². The van der Waals surface area contributed by atoms with Crippen molar-refractivity contribution in [2.75, 3.05) is 6.54 Å². The van der Waals surface area contributed by atoms with Gasteiger partial charge in [-0.15, -0.1) is 0 Å². The molecule has 9 nitrogen and oxygen atoms in total. The third-order valence-electron chi connectivity index (χ3n) is 5.36. The number of amides is 3. The van der Waals surface area contributed by atoms with E-state index in [2.05, 4.69) is 16.0 Å². The van der Waals surface area contributed by atoms with E-state index in [0.29, 0.717) is 0 Å². The van der Waals surface area contributed by atoms with E-state index >= 15 is 0 Å². The van der Waals surface area contributed by atoms with Crippen LogP contribution in [0.3, 0.4) is 0 Å². The van der Waals surface area contributed by atoms with E-state index in [0.717, 1.165) is 0 Å². The van der Waals surface area contributed by atoms with Gasteiger partial charge in [0.25, 0.3) is 0 Å². The summed E-state index contributed by atoms with van der Waals surface area (Å²) in [5, 5.41) is 15.7. The Balaban J connectivity index is 2.22. The van der Waals surface area contributed by atoms with E-state index in [9.17, 15) is 36.7 Å². The van der Waals surface area contributed by atoms with Gasteiger partial charge in [-0.25, -0.2) is 13.6 Å². The molecule has 1 aliphatic rings. The summed E-state index contributed by atoms with van der Waals surface area (Å²) in [6, 6.07) is -1.92. The van der Waals surface area contributed by atoms with E-state index in [1.54, 1.807) is 0 Å². The van der Waals surface area contributed by atoms with Crippen LogP contribution in [0.1, 0.15) is 33.6 Å². The fraction of sp³-hybridized carbons (Fsp3) is 0.524. The molecule has 13 heteroatoms. The smallest absolute Gasteiger partial charge is 0.404 e. The Morgan fingerprint density at radius 3 is 2.21 bits per heavy atom. The second kappa shape index (κ2) is 11.2. The van der Waals surface area contributed by atoms with Crippen LogP contribution in [0.4, 0.5) is 22.4 Å². The molecule has 2 rings (SSSR count). The first kappa shape index (κ1) is 26.9. The highest BCUT2D eigenvalue weighted by Crippen LogP contribution is 2.30. The van der Waals surface area contributed by atoms with E-state index in [4.69, 9.17) is 9.84 Å². The van der Waals surface area contributed by atoms with E-state index < -0.39 is 82.7 Å². The lowest BCUT2D eigenvalue weighted by Crippen LogP contribution is -2.50. The zero-order valence-electron chi connectivity index (χ0n) is 18.6. The van der Waals surface area contributed by atoms with E-state index in [1.165, 1.54) is 20.8 Å². The summed E-state index contributed by atoms with van der Waals surface area (Å²) >= 11 is 0. The fourth-order valence-corrected chi connectivity index (χ4v) is 3.60. The molecule has 1 aromatic carbocycles. The van der Waals surface area contributed by atoms with Crippen LogP contribution in [0.5, 0.6) is 5.75 Å². The Kier molecular flexibility index (Phi) is 8.82. The molecule has 2 unspecified atom stereocenters. The summed E-state index contributed by atoms with van der Waals surface area (Å²) < 4.78 is 60.6. The Labute approximate surface area is 192 Å². The number of carbonyl (C=O) groups is 4. The topological polar surface area (TPSA) is 134 Å². The van der Waals surface area contributed by atoms with Crippen molar-refractivity contribution in [3.63, 3.8) is 0 Å². The van der Waals surface area contributed by atoms with Crippen LogP contribution < -0.4 is 20.7 Å². The standard InChI is InChI=1S/C21H25F4N3O6/c1-8(6-9(2)27-21(32)33)19(30)28-10(3)16(29)17(11-4-5-26-20(11)31)34-18-14(24)12(22)7-13(23)15(18)25/h7-11,17,27H,4-6H2,1-3H3,(H,26,31)(H,28,30)(H,32,33)/t8-,9?,10?,11-,17-/m0/s1. The van der Waals surface area contributed by atoms with Gasteiger partial charge in [0.15, 0.2) is 29.3 Å². The molecule has 4 N–H and O–H groups in total. The van der Waals surface area contributed by atoms with E-state index in [-0.39, 0.29) is 25.5 Å². The van der Waals surface area contributed by atoms with Crippen molar-refractivity contribution >= 4 is 23.7 Å². The Bertz CT molecular complexity index is 950. The monoisotopic (exact) mass is 491 g/mol. The molecule has 3 amide bonds. The summed E-state index contributed by atoms with van der Waals surface area (Å²) in [5.41, 5.74) is 0. The highest BCUT2D eigenvalue weighted by Gasteiger charge is 2.42. The summed E-state index contributed by atoms with van der Waals surface area (Å²) in [6.45, 7) is 4.40. The molecule has 0 bridgehead atoms. The van der Waals surface area contributed by atoms with Crippen molar-refractivity contribution in [3.8, 4) is 5.75 Å².